The third-order valence-corrected chi connectivity index (χ3v) is 6.62. The summed E-state index contributed by atoms with van der Waals surface area (Å²) >= 11 is 1.74. The number of carbonyl (C=O) groups is 1. The van der Waals surface area contributed by atoms with Crippen LogP contribution in [0.2, 0.25) is 0 Å². The molecule has 1 atom stereocenters. The molecule has 1 unspecified atom stereocenters. The monoisotopic (exact) mass is 302 g/mol. The summed E-state index contributed by atoms with van der Waals surface area (Å²) in [6.45, 7) is 10.9. The van der Waals surface area contributed by atoms with Gasteiger partial charge in [0.2, 0.25) is 0 Å². The summed E-state index contributed by atoms with van der Waals surface area (Å²) in [5.74, 6) is 0.375. The zero-order chi connectivity index (χ0) is 15.7. The Morgan fingerprint density at radius 1 is 1.10 bits per heavy atom. The van der Waals surface area contributed by atoms with E-state index in [1.807, 2.05) is 0 Å². The van der Waals surface area contributed by atoms with Gasteiger partial charge in [0.05, 0.1) is 0 Å². The highest BCUT2D eigenvalue weighted by atomic mass is 32.1. The van der Waals surface area contributed by atoms with E-state index in [1.165, 1.54) is 15.6 Å². The van der Waals surface area contributed by atoms with Gasteiger partial charge in [-0.2, -0.15) is 0 Å². The molecule has 2 rings (SSSR count). The van der Waals surface area contributed by atoms with Crippen LogP contribution in [-0.2, 0) is 11.2 Å². The predicted octanol–water partition coefficient (Wildman–Crippen LogP) is 5.87. The molecule has 0 fully saturated rings. The molecule has 0 saturated heterocycles. The number of hydrogen-bond acceptors (Lipinski definition) is 2. The highest BCUT2D eigenvalue weighted by molar-refractivity contribution is 7.17. The van der Waals surface area contributed by atoms with Crippen molar-refractivity contribution in [2.24, 2.45) is 10.8 Å². The van der Waals surface area contributed by atoms with Crippen molar-refractivity contribution in [3.8, 4) is 0 Å². The number of thiophene rings is 1. The van der Waals surface area contributed by atoms with Gasteiger partial charge in [0.25, 0.3) is 0 Å². The lowest BCUT2D eigenvalue weighted by atomic mass is 9.60. The minimum Gasteiger partial charge on any atom is -0.299 e. The van der Waals surface area contributed by atoms with Gasteiger partial charge in [0.15, 0.2) is 0 Å². The van der Waals surface area contributed by atoms with Crippen LogP contribution in [0.1, 0.15) is 53.0 Å². The van der Waals surface area contributed by atoms with Crippen LogP contribution in [0.4, 0.5) is 0 Å². The number of benzene rings is 1. The highest BCUT2D eigenvalue weighted by Crippen LogP contribution is 2.45. The van der Waals surface area contributed by atoms with Crippen molar-refractivity contribution in [3.63, 3.8) is 0 Å². The van der Waals surface area contributed by atoms with E-state index in [9.17, 15) is 4.79 Å². The fourth-order valence-electron chi connectivity index (χ4n) is 2.98. The Bertz CT molecular complexity index is 638. The van der Waals surface area contributed by atoms with Crippen molar-refractivity contribution in [1.82, 2.24) is 0 Å². The smallest absolute Gasteiger partial charge is 0.143 e. The topological polar surface area (TPSA) is 17.1 Å². The minimum atomic E-state index is -0.259. The molecule has 1 nitrogen and oxygen atoms in total. The first-order chi connectivity index (χ1) is 9.85. The molecule has 0 amide bonds. The summed E-state index contributed by atoms with van der Waals surface area (Å²) in [5.41, 5.74) is 0.960. The van der Waals surface area contributed by atoms with Gasteiger partial charge in [0, 0.05) is 16.5 Å². The lowest BCUT2D eigenvalue weighted by Crippen LogP contribution is -2.42. The molecule has 2 heteroatoms. The molecule has 0 aliphatic rings. The molecule has 2 aromatic rings. The zero-order valence-corrected chi connectivity index (χ0v) is 14.6. The molecular weight excluding hydrogens is 276 g/mol. The quantitative estimate of drug-likeness (QED) is 0.652. The van der Waals surface area contributed by atoms with Gasteiger partial charge in [-0.25, -0.2) is 0 Å². The minimum absolute atomic E-state index is 0.0324. The fourth-order valence-corrected chi connectivity index (χ4v) is 3.94. The van der Waals surface area contributed by atoms with E-state index < -0.39 is 0 Å². The van der Waals surface area contributed by atoms with Gasteiger partial charge in [-0.3, -0.25) is 4.79 Å². The van der Waals surface area contributed by atoms with Gasteiger partial charge in [0.1, 0.15) is 5.78 Å². The summed E-state index contributed by atoms with van der Waals surface area (Å²) in [7, 11) is 0. The molecular formula is C19H26OS. The summed E-state index contributed by atoms with van der Waals surface area (Å²) in [6.07, 6.45) is 2.47. The van der Waals surface area contributed by atoms with Crippen molar-refractivity contribution in [3.05, 3.63) is 35.2 Å². The van der Waals surface area contributed by atoms with Gasteiger partial charge < -0.3 is 0 Å². The van der Waals surface area contributed by atoms with Crippen molar-refractivity contribution in [2.75, 3.05) is 0 Å². The van der Waals surface area contributed by atoms with E-state index >= 15 is 0 Å². The maximum absolute atomic E-state index is 13.0. The Hall–Kier alpha value is -1.15. The fraction of sp³-hybridized carbons (Fsp3) is 0.526. The van der Waals surface area contributed by atoms with Gasteiger partial charge in [-0.1, -0.05) is 59.2 Å². The third kappa shape index (κ3) is 2.78. The standard InChI is InChI=1S/C19H26OS/c1-6-18(3,4)19(5,7-2)17(20)12-14-13-21-16-11-9-8-10-15(14)16/h8-11,13H,6-7,12H2,1-5H3. The van der Waals surface area contributed by atoms with Crippen molar-refractivity contribution in [1.29, 1.82) is 0 Å². The SMILES string of the molecule is CCC(C)(C)C(C)(CC)C(=O)Cc1csc2ccccc12. The normalized spacial score (nSPS) is 15.1. The van der Waals surface area contributed by atoms with Crippen LogP contribution in [0.5, 0.6) is 0 Å². The molecule has 0 N–H and O–H groups in total. The average molecular weight is 302 g/mol. The van der Waals surface area contributed by atoms with Crippen molar-refractivity contribution in [2.45, 2.75) is 53.9 Å². The number of rotatable bonds is 6. The Morgan fingerprint density at radius 3 is 2.38 bits per heavy atom. The summed E-state index contributed by atoms with van der Waals surface area (Å²) in [5, 5.41) is 3.39. The maximum atomic E-state index is 13.0. The molecule has 1 aromatic heterocycles. The molecule has 1 heterocycles. The van der Waals surface area contributed by atoms with Crippen LogP contribution in [0.15, 0.2) is 29.6 Å². The molecule has 21 heavy (non-hydrogen) atoms. The second-order valence-corrected chi connectivity index (χ2v) is 7.69. The Labute approximate surface area is 132 Å². The zero-order valence-electron chi connectivity index (χ0n) is 13.8. The maximum Gasteiger partial charge on any atom is 0.143 e. The largest absolute Gasteiger partial charge is 0.299 e. The predicted molar refractivity (Wildman–Crippen MR) is 93.0 cm³/mol. The van der Waals surface area contributed by atoms with Crippen LogP contribution in [0.3, 0.4) is 0 Å². The lowest BCUT2D eigenvalue weighted by molar-refractivity contribution is -0.134. The molecule has 0 radical (unpaired) electrons. The average Bonchev–Trinajstić information content (AvgIpc) is 2.89. The van der Waals surface area contributed by atoms with Crippen molar-refractivity contribution >= 4 is 27.2 Å². The van der Waals surface area contributed by atoms with E-state index in [1.54, 1.807) is 11.3 Å². The molecule has 0 aliphatic carbocycles. The van der Waals surface area contributed by atoms with E-state index in [0.29, 0.717) is 12.2 Å². The number of carbonyl (C=O) groups excluding carboxylic acids is 1. The lowest BCUT2D eigenvalue weighted by Gasteiger charge is -2.42. The summed E-state index contributed by atoms with van der Waals surface area (Å²) < 4.78 is 1.27. The second kappa shape index (κ2) is 5.92. The Morgan fingerprint density at radius 2 is 1.76 bits per heavy atom. The van der Waals surface area contributed by atoms with Crippen LogP contribution in [0, 0.1) is 10.8 Å². The van der Waals surface area contributed by atoms with Gasteiger partial charge in [-0.15, -0.1) is 11.3 Å². The van der Waals surface area contributed by atoms with Crippen LogP contribution < -0.4 is 0 Å². The van der Waals surface area contributed by atoms with E-state index in [0.717, 1.165) is 12.8 Å². The number of fused-ring (bicyclic) bond motifs is 1. The molecule has 0 aliphatic heterocycles. The van der Waals surface area contributed by atoms with Gasteiger partial charge >= 0.3 is 0 Å². The first-order valence-corrected chi connectivity index (χ1v) is 8.72. The summed E-state index contributed by atoms with van der Waals surface area (Å²) in [6, 6.07) is 8.37. The van der Waals surface area contributed by atoms with E-state index in [2.05, 4.69) is 64.3 Å². The number of ketones is 1. The van der Waals surface area contributed by atoms with Crippen molar-refractivity contribution < 1.29 is 4.79 Å². The van der Waals surface area contributed by atoms with E-state index in [-0.39, 0.29) is 10.8 Å². The molecule has 0 saturated carbocycles. The first-order valence-electron chi connectivity index (χ1n) is 7.84. The highest BCUT2D eigenvalue weighted by Gasteiger charge is 2.43. The molecule has 0 spiro atoms. The summed E-state index contributed by atoms with van der Waals surface area (Å²) in [4.78, 5) is 13.0. The molecule has 0 bridgehead atoms. The van der Waals surface area contributed by atoms with E-state index in [4.69, 9.17) is 0 Å². The second-order valence-electron chi connectivity index (χ2n) is 6.78. The first kappa shape index (κ1) is 16.2. The molecule has 1 aromatic carbocycles. The number of Topliss-reactive ketones (excluding diaryl/α,β-unsaturated/α-hetero) is 1. The Kier molecular flexibility index (Phi) is 4.57. The third-order valence-electron chi connectivity index (χ3n) is 5.61. The van der Waals surface area contributed by atoms with Crippen LogP contribution in [0.25, 0.3) is 10.1 Å². The van der Waals surface area contributed by atoms with Gasteiger partial charge in [-0.05, 0) is 34.2 Å². The van der Waals surface area contributed by atoms with Crippen LogP contribution in [-0.4, -0.2) is 5.78 Å². The Balaban J connectivity index is 2.32. The number of hydrogen-bond donors (Lipinski definition) is 0. The molecule has 114 valence electrons. The van der Waals surface area contributed by atoms with Crippen LogP contribution >= 0.6 is 11.3 Å².